The standard InChI is InChI=1S/C38H37N5O9/c1-2-38(50)28-16-30-35-24(18-43(30)36(48)27(28)20-52-37(38)49)15-26-25-9-7-22(14-23(25)8-10-29(26)41-35)19-51-21-40-32(45)17-39-31(44)6-4-3-5-13-42-33(46)11-12-34(42)47/h7-12,14-16,50H,2-6,13,17-21H2,1H3,(H,39,44)(H,40,45)/t38-/m0/s1. The summed E-state index contributed by atoms with van der Waals surface area (Å²) in [4.78, 5) is 79.5. The Morgan fingerprint density at radius 3 is 2.56 bits per heavy atom. The largest absolute Gasteiger partial charge is 0.458 e. The van der Waals surface area contributed by atoms with Crippen molar-refractivity contribution in [2.24, 2.45) is 0 Å². The number of benzene rings is 2. The Hall–Kier alpha value is -5.73. The maximum atomic E-state index is 13.5. The van der Waals surface area contributed by atoms with Crippen molar-refractivity contribution >= 4 is 51.3 Å². The van der Waals surface area contributed by atoms with Crippen LogP contribution in [0.2, 0.25) is 0 Å². The number of imide groups is 1. The Balaban J connectivity index is 0.912. The molecule has 0 saturated carbocycles. The molecule has 3 aliphatic rings. The number of cyclic esters (lactones) is 1. The molecule has 0 fully saturated rings. The van der Waals surface area contributed by atoms with E-state index >= 15 is 0 Å². The summed E-state index contributed by atoms with van der Waals surface area (Å²) in [5, 5.41) is 19.2. The third-order valence-electron chi connectivity index (χ3n) is 9.84. The van der Waals surface area contributed by atoms with E-state index in [9.17, 15) is 33.9 Å². The second-order valence-corrected chi connectivity index (χ2v) is 13.1. The van der Waals surface area contributed by atoms with Crippen molar-refractivity contribution in [3.05, 3.63) is 87.2 Å². The molecule has 0 spiro atoms. The zero-order valence-corrected chi connectivity index (χ0v) is 28.5. The van der Waals surface area contributed by atoms with Gasteiger partial charge in [-0.3, -0.25) is 28.9 Å². The number of fused-ring (bicyclic) bond motifs is 7. The molecule has 2 aromatic carbocycles. The van der Waals surface area contributed by atoms with Gasteiger partial charge in [0.1, 0.15) is 13.3 Å². The van der Waals surface area contributed by atoms with Gasteiger partial charge in [-0.15, -0.1) is 0 Å². The molecule has 0 saturated heterocycles. The van der Waals surface area contributed by atoms with Gasteiger partial charge in [0.25, 0.3) is 17.4 Å². The minimum Gasteiger partial charge on any atom is -0.458 e. The summed E-state index contributed by atoms with van der Waals surface area (Å²) in [5.41, 5.74) is 2.05. The first kappa shape index (κ1) is 34.7. The van der Waals surface area contributed by atoms with Crippen LogP contribution < -0.4 is 16.2 Å². The van der Waals surface area contributed by atoms with Gasteiger partial charge in [0, 0.05) is 41.6 Å². The number of aliphatic hydroxyl groups is 1. The van der Waals surface area contributed by atoms with Crippen molar-refractivity contribution in [3.63, 3.8) is 0 Å². The van der Waals surface area contributed by atoms with Crippen LogP contribution in [0.1, 0.15) is 61.3 Å². The van der Waals surface area contributed by atoms with Gasteiger partial charge >= 0.3 is 5.97 Å². The molecule has 0 radical (unpaired) electrons. The predicted molar refractivity (Wildman–Crippen MR) is 187 cm³/mol. The van der Waals surface area contributed by atoms with Gasteiger partial charge in [-0.05, 0) is 59.9 Å². The number of esters is 1. The summed E-state index contributed by atoms with van der Waals surface area (Å²) in [5.74, 6) is -2.03. The molecule has 7 rings (SSSR count). The van der Waals surface area contributed by atoms with Crippen molar-refractivity contribution in [1.29, 1.82) is 0 Å². The molecule has 52 heavy (non-hydrogen) atoms. The molecule has 0 unspecified atom stereocenters. The molecule has 1 atom stereocenters. The molecular weight excluding hydrogens is 670 g/mol. The topological polar surface area (TPSA) is 186 Å². The van der Waals surface area contributed by atoms with E-state index in [1.165, 1.54) is 17.1 Å². The molecule has 268 valence electrons. The van der Waals surface area contributed by atoms with Crippen LogP contribution >= 0.6 is 0 Å². The maximum Gasteiger partial charge on any atom is 0.343 e. The minimum atomic E-state index is -1.88. The van der Waals surface area contributed by atoms with E-state index in [0.717, 1.165) is 32.8 Å². The van der Waals surface area contributed by atoms with Gasteiger partial charge in [0.05, 0.1) is 42.2 Å². The number of rotatable bonds is 13. The second-order valence-electron chi connectivity index (χ2n) is 13.1. The quantitative estimate of drug-likeness (QED) is 0.0540. The monoisotopic (exact) mass is 707 g/mol. The maximum absolute atomic E-state index is 13.5. The highest BCUT2D eigenvalue weighted by molar-refractivity contribution is 6.12. The number of hydrogen-bond acceptors (Lipinski definition) is 10. The first-order valence-corrected chi connectivity index (χ1v) is 17.2. The lowest BCUT2D eigenvalue weighted by atomic mass is 9.86. The fourth-order valence-corrected chi connectivity index (χ4v) is 6.95. The Labute approximate surface area is 297 Å². The molecule has 0 bridgehead atoms. The lowest BCUT2D eigenvalue weighted by Crippen LogP contribution is -2.44. The summed E-state index contributed by atoms with van der Waals surface area (Å²) in [6, 6.07) is 13.5. The number of nitrogens with one attached hydrogen (secondary N) is 2. The van der Waals surface area contributed by atoms with Gasteiger partial charge in [0.15, 0.2) is 5.60 Å². The first-order chi connectivity index (χ1) is 25.1. The first-order valence-electron chi connectivity index (χ1n) is 17.2. The summed E-state index contributed by atoms with van der Waals surface area (Å²) < 4.78 is 12.4. The van der Waals surface area contributed by atoms with Crippen LogP contribution in [0.5, 0.6) is 0 Å². The average molecular weight is 708 g/mol. The fraction of sp³-hybridized carbons (Fsp3) is 0.342. The highest BCUT2D eigenvalue weighted by atomic mass is 16.6. The van der Waals surface area contributed by atoms with Crippen molar-refractivity contribution in [2.45, 2.75) is 64.4 Å². The van der Waals surface area contributed by atoms with Crippen LogP contribution in [0, 0.1) is 0 Å². The van der Waals surface area contributed by atoms with Crippen LogP contribution in [0.3, 0.4) is 0 Å². The lowest BCUT2D eigenvalue weighted by Gasteiger charge is -2.31. The number of unbranched alkanes of at least 4 members (excludes halogenated alkanes) is 2. The van der Waals surface area contributed by atoms with Gasteiger partial charge in [-0.2, -0.15) is 0 Å². The van der Waals surface area contributed by atoms with Crippen LogP contribution in [-0.2, 0) is 58.8 Å². The van der Waals surface area contributed by atoms with E-state index in [1.54, 1.807) is 17.6 Å². The van der Waals surface area contributed by atoms with E-state index in [4.69, 9.17) is 14.5 Å². The number of pyridine rings is 2. The van der Waals surface area contributed by atoms with E-state index in [0.29, 0.717) is 43.7 Å². The molecule has 4 amide bonds. The molecular formula is C38H37N5O9. The average Bonchev–Trinajstić information content (AvgIpc) is 3.67. The number of amides is 4. The highest BCUT2D eigenvalue weighted by Crippen LogP contribution is 2.39. The number of carbonyl (C=O) groups excluding carboxylic acids is 5. The van der Waals surface area contributed by atoms with Crippen LogP contribution in [0.4, 0.5) is 0 Å². The van der Waals surface area contributed by atoms with Crippen molar-refractivity contribution in [3.8, 4) is 11.4 Å². The van der Waals surface area contributed by atoms with Crippen LogP contribution in [-0.4, -0.2) is 69.0 Å². The molecule has 14 nitrogen and oxygen atoms in total. The Kier molecular flexibility index (Phi) is 9.42. The number of ether oxygens (including phenoxy) is 2. The zero-order valence-electron chi connectivity index (χ0n) is 28.5. The molecule has 3 N–H and O–H groups in total. The normalized spacial score (nSPS) is 17.3. The highest BCUT2D eigenvalue weighted by Gasteiger charge is 2.45. The Morgan fingerprint density at radius 1 is 0.962 bits per heavy atom. The predicted octanol–water partition coefficient (Wildman–Crippen LogP) is 2.42. The zero-order chi connectivity index (χ0) is 36.6. The Morgan fingerprint density at radius 2 is 1.77 bits per heavy atom. The molecule has 0 aliphatic carbocycles. The van der Waals surface area contributed by atoms with Gasteiger partial charge < -0.3 is 29.8 Å². The molecule has 14 heteroatoms. The second kappa shape index (κ2) is 14.1. The minimum absolute atomic E-state index is 0.0391. The van der Waals surface area contributed by atoms with Gasteiger partial charge in [-0.1, -0.05) is 31.5 Å². The molecule has 5 heterocycles. The van der Waals surface area contributed by atoms with Crippen molar-refractivity contribution in [2.75, 3.05) is 19.8 Å². The number of hydrogen-bond donors (Lipinski definition) is 3. The van der Waals surface area contributed by atoms with Crippen molar-refractivity contribution in [1.82, 2.24) is 25.1 Å². The number of aromatic nitrogens is 2. The summed E-state index contributed by atoms with van der Waals surface area (Å²) in [6.07, 6.45) is 4.64. The van der Waals surface area contributed by atoms with E-state index in [2.05, 4.69) is 10.6 Å². The van der Waals surface area contributed by atoms with Crippen molar-refractivity contribution < 1.29 is 38.6 Å². The summed E-state index contributed by atoms with van der Waals surface area (Å²) in [6.45, 7) is 2.14. The number of nitrogens with zero attached hydrogens (tertiary/aromatic N) is 3. The van der Waals surface area contributed by atoms with E-state index in [1.807, 2.05) is 36.4 Å². The summed E-state index contributed by atoms with van der Waals surface area (Å²) in [7, 11) is 0. The summed E-state index contributed by atoms with van der Waals surface area (Å²) >= 11 is 0. The fourth-order valence-electron chi connectivity index (χ4n) is 6.95. The SMILES string of the molecule is CC[C@@]1(O)C(=O)OCc2c1cc1n(c2=O)Cc2cc3c(ccc4cc(COCNC(=O)CNC(=O)CCCCCN5C(=O)C=CC5=O)ccc43)nc2-1. The van der Waals surface area contributed by atoms with E-state index in [-0.39, 0.29) is 79.6 Å². The third kappa shape index (κ3) is 6.46. The van der Waals surface area contributed by atoms with Gasteiger partial charge in [-0.25, -0.2) is 9.78 Å². The number of carbonyl (C=O) groups is 5. The smallest absolute Gasteiger partial charge is 0.343 e. The Bertz CT molecular complexity index is 2240. The van der Waals surface area contributed by atoms with Gasteiger partial charge in [0.2, 0.25) is 11.8 Å². The third-order valence-corrected chi connectivity index (χ3v) is 9.84. The molecule has 2 aromatic heterocycles. The molecule has 3 aliphatic heterocycles. The van der Waals surface area contributed by atoms with Crippen LogP contribution in [0.15, 0.2) is 59.4 Å². The van der Waals surface area contributed by atoms with Crippen LogP contribution in [0.25, 0.3) is 33.1 Å². The lowest BCUT2D eigenvalue weighted by molar-refractivity contribution is -0.172. The van der Waals surface area contributed by atoms with E-state index < -0.39 is 11.6 Å². The molecule has 4 aromatic rings.